The highest BCUT2D eigenvalue weighted by atomic mass is 16.5. The van der Waals surface area contributed by atoms with Crippen molar-refractivity contribution in [2.45, 2.75) is 38.6 Å². The Morgan fingerprint density at radius 3 is 2.78 bits per heavy atom. The fourth-order valence-corrected chi connectivity index (χ4v) is 4.03. The van der Waals surface area contributed by atoms with Gasteiger partial charge >= 0.3 is 0 Å². The topological polar surface area (TPSA) is 70.7 Å². The van der Waals surface area contributed by atoms with Crippen molar-refractivity contribution in [1.29, 1.82) is 0 Å². The first-order valence-corrected chi connectivity index (χ1v) is 10.1. The van der Waals surface area contributed by atoms with Crippen LogP contribution in [0.3, 0.4) is 0 Å². The van der Waals surface area contributed by atoms with Crippen LogP contribution in [0, 0.1) is 11.8 Å². The number of hydrogen-bond donors (Lipinski definition) is 2. The monoisotopic (exact) mass is 373 g/mol. The van der Waals surface area contributed by atoms with Gasteiger partial charge in [-0.15, -0.1) is 0 Å². The van der Waals surface area contributed by atoms with Gasteiger partial charge in [0, 0.05) is 19.4 Å². The van der Waals surface area contributed by atoms with Crippen molar-refractivity contribution in [3.8, 4) is 5.75 Å². The second kappa shape index (κ2) is 9.74. The van der Waals surface area contributed by atoms with Crippen LogP contribution in [0.5, 0.6) is 5.75 Å². The van der Waals surface area contributed by atoms with E-state index in [1.165, 1.54) is 0 Å². The number of nitrogens with one attached hydrogen (secondary N) is 2. The number of nitrogens with zero attached hydrogens (tertiary/aromatic N) is 1. The fourth-order valence-electron chi connectivity index (χ4n) is 4.03. The molecule has 6 nitrogen and oxygen atoms in total. The summed E-state index contributed by atoms with van der Waals surface area (Å²) < 4.78 is 5.67. The predicted octanol–water partition coefficient (Wildman–Crippen LogP) is 1.81. The zero-order chi connectivity index (χ0) is 19.1. The van der Waals surface area contributed by atoms with E-state index in [4.69, 9.17) is 4.74 Å². The third-order valence-electron chi connectivity index (χ3n) is 5.65. The molecule has 27 heavy (non-hydrogen) atoms. The minimum Gasteiger partial charge on any atom is -0.492 e. The van der Waals surface area contributed by atoms with E-state index in [9.17, 15) is 9.59 Å². The second-order valence-corrected chi connectivity index (χ2v) is 7.74. The Morgan fingerprint density at radius 2 is 2.04 bits per heavy atom. The van der Waals surface area contributed by atoms with Crippen LogP contribution in [-0.2, 0) is 9.59 Å². The Hall–Kier alpha value is -2.08. The van der Waals surface area contributed by atoms with Gasteiger partial charge in [0.25, 0.3) is 0 Å². The normalized spacial score (nSPS) is 21.9. The molecule has 2 aliphatic rings. The molecule has 2 heterocycles. The van der Waals surface area contributed by atoms with Crippen molar-refractivity contribution in [3.63, 3.8) is 0 Å². The first kappa shape index (κ1) is 19.7. The maximum absolute atomic E-state index is 12.4. The highest BCUT2D eigenvalue weighted by molar-refractivity contribution is 5.82. The summed E-state index contributed by atoms with van der Waals surface area (Å²) in [5, 5.41) is 6.42. The van der Waals surface area contributed by atoms with Crippen LogP contribution in [0.1, 0.15) is 32.6 Å². The number of carbonyl (C=O) groups excluding carboxylic acids is 2. The predicted molar refractivity (Wildman–Crippen MR) is 104 cm³/mol. The summed E-state index contributed by atoms with van der Waals surface area (Å²) in [5.74, 6) is 1.97. The quantitative estimate of drug-likeness (QED) is 0.729. The molecule has 1 aromatic rings. The van der Waals surface area contributed by atoms with Crippen molar-refractivity contribution >= 4 is 11.8 Å². The average molecular weight is 373 g/mol. The molecule has 2 unspecified atom stereocenters. The number of benzene rings is 1. The number of ether oxygens (including phenoxy) is 1. The van der Waals surface area contributed by atoms with Crippen molar-refractivity contribution in [2.24, 2.45) is 11.8 Å². The number of piperidine rings is 1. The number of amides is 2. The Labute approximate surface area is 161 Å². The van der Waals surface area contributed by atoms with Crippen LogP contribution in [0.2, 0.25) is 0 Å². The van der Waals surface area contributed by atoms with E-state index < -0.39 is 0 Å². The standard InChI is InChI=1S/C21H31N3O3/c1-16(17-7-9-22-10-8-17)13-20(25)23-18-14-21(26)24(15-18)11-12-27-19-5-3-2-4-6-19/h2-6,16-18,22H,7-15H2,1H3,(H,23,25). The fraction of sp³-hybridized carbons (Fsp3) is 0.619. The summed E-state index contributed by atoms with van der Waals surface area (Å²) in [6.45, 7) is 5.85. The molecule has 0 aromatic heterocycles. The van der Waals surface area contributed by atoms with Crippen molar-refractivity contribution in [2.75, 3.05) is 32.8 Å². The summed E-state index contributed by atoms with van der Waals surface area (Å²) in [4.78, 5) is 26.4. The Bertz CT molecular complexity index is 616. The lowest BCUT2D eigenvalue weighted by Gasteiger charge is -2.28. The number of carbonyl (C=O) groups is 2. The molecule has 6 heteroatoms. The van der Waals surface area contributed by atoms with Gasteiger partial charge in [-0.1, -0.05) is 25.1 Å². The van der Waals surface area contributed by atoms with Gasteiger partial charge in [0.15, 0.2) is 0 Å². The average Bonchev–Trinajstić information content (AvgIpc) is 3.02. The summed E-state index contributed by atoms with van der Waals surface area (Å²) in [7, 11) is 0. The molecule has 2 amide bonds. The molecule has 2 aliphatic heterocycles. The van der Waals surface area contributed by atoms with Crippen LogP contribution >= 0.6 is 0 Å². The Balaban J connectivity index is 1.37. The van der Waals surface area contributed by atoms with Gasteiger partial charge in [0.05, 0.1) is 12.6 Å². The molecule has 2 N–H and O–H groups in total. The zero-order valence-electron chi connectivity index (χ0n) is 16.2. The van der Waals surface area contributed by atoms with Crippen LogP contribution in [0.25, 0.3) is 0 Å². The van der Waals surface area contributed by atoms with E-state index >= 15 is 0 Å². The van der Waals surface area contributed by atoms with Crippen LogP contribution < -0.4 is 15.4 Å². The van der Waals surface area contributed by atoms with Gasteiger partial charge in [-0.3, -0.25) is 9.59 Å². The van der Waals surface area contributed by atoms with Crippen molar-refractivity contribution in [3.05, 3.63) is 30.3 Å². The SMILES string of the molecule is CC(CC(=O)NC1CC(=O)N(CCOc2ccccc2)C1)C1CCNCC1. The number of likely N-dealkylation sites (tertiary alicyclic amines) is 1. The van der Waals surface area contributed by atoms with Crippen LogP contribution in [0.15, 0.2) is 30.3 Å². The molecule has 0 saturated carbocycles. The second-order valence-electron chi connectivity index (χ2n) is 7.74. The molecule has 3 rings (SSSR count). The van der Waals surface area contributed by atoms with E-state index in [2.05, 4.69) is 17.6 Å². The largest absolute Gasteiger partial charge is 0.492 e. The molecule has 1 aromatic carbocycles. The summed E-state index contributed by atoms with van der Waals surface area (Å²) >= 11 is 0. The molecule has 2 saturated heterocycles. The maximum Gasteiger partial charge on any atom is 0.224 e. The van der Waals surface area contributed by atoms with Gasteiger partial charge < -0.3 is 20.3 Å². The summed E-state index contributed by atoms with van der Waals surface area (Å²) in [6, 6.07) is 9.51. The van der Waals surface area contributed by atoms with E-state index in [1.807, 2.05) is 30.3 Å². The van der Waals surface area contributed by atoms with Crippen LogP contribution in [0.4, 0.5) is 0 Å². The van der Waals surface area contributed by atoms with E-state index in [0.29, 0.717) is 44.4 Å². The lowest BCUT2D eigenvalue weighted by Crippen LogP contribution is -2.39. The molecule has 2 fully saturated rings. The third kappa shape index (κ3) is 5.96. The number of rotatable bonds is 8. The lowest BCUT2D eigenvalue weighted by atomic mass is 9.84. The van der Waals surface area contributed by atoms with Crippen molar-refractivity contribution < 1.29 is 14.3 Å². The first-order valence-electron chi connectivity index (χ1n) is 10.1. The number of hydrogen-bond acceptors (Lipinski definition) is 4. The van der Waals surface area contributed by atoms with Crippen LogP contribution in [-0.4, -0.2) is 55.5 Å². The van der Waals surface area contributed by atoms with Gasteiger partial charge in [-0.25, -0.2) is 0 Å². The van der Waals surface area contributed by atoms with Gasteiger partial charge in [-0.2, -0.15) is 0 Å². The molecule has 0 bridgehead atoms. The highest BCUT2D eigenvalue weighted by Gasteiger charge is 2.31. The molecule has 0 spiro atoms. The first-order chi connectivity index (χ1) is 13.1. The van der Waals surface area contributed by atoms with E-state index in [1.54, 1.807) is 4.90 Å². The maximum atomic E-state index is 12.4. The Kier molecular flexibility index (Phi) is 7.10. The molecular formula is C21H31N3O3. The minimum absolute atomic E-state index is 0.0706. The third-order valence-corrected chi connectivity index (χ3v) is 5.65. The molecular weight excluding hydrogens is 342 g/mol. The van der Waals surface area contributed by atoms with Gasteiger partial charge in [-0.05, 0) is 49.9 Å². The lowest BCUT2D eigenvalue weighted by molar-refractivity contribution is -0.128. The molecule has 0 aliphatic carbocycles. The van der Waals surface area contributed by atoms with Gasteiger partial charge in [0.1, 0.15) is 12.4 Å². The highest BCUT2D eigenvalue weighted by Crippen LogP contribution is 2.24. The van der Waals surface area contributed by atoms with Gasteiger partial charge in [0.2, 0.25) is 11.8 Å². The minimum atomic E-state index is -0.0815. The van der Waals surface area contributed by atoms with E-state index in [0.717, 1.165) is 31.7 Å². The molecule has 0 radical (unpaired) electrons. The zero-order valence-corrected chi connectivity index (χ0v) is 16.2. The molecule has 148 valence electrons. The number of para-hydroxylation sites is 1. The van der Waals surface area contributed by atoms with E-state index in [-0.39, 0.29) is 17.9 Å². The Morgan fingerprint density at radius 1 is 1.30 bits per heavy atom. The summed E-state index contributed by atoms with van der Waals surface area (Å²) in [6.07, 6.45) is 3.22. The van der Waals surface area contributed by atoms with Crippen molar-refractivity contribution in [1.82, 2.24) is 15.5 Å². The molecule has 2 atom stereocenters. The smallest absolute Gasteiger partial charge is 0.224 e. The summed E-state index contributed by atoms with van der Waals surface area (Å²) in [5.41, 5.74) is 0.